The average Bonchev–Trinajstić information content (AvgIpc) is 3.25. The lowest BCUT2D eigenvalue weighted by molar-refractivity contribution is -0.121. The Morgan fingerprint density at radius 2 is 2.00 bits per heavy atom. The van der Waals surface area contributed by atoms with Crippen molar-refractivity contribution in [3.8, 4) is 5.75 Å². The van der Waals surface area contributed by atoms with Crippen LogP contribution in [0.15, 0.2) is 35.6 Å². The molecule has 1 N–H and O–H groups in total. The number of thioether (sulfide) groups is 1. The van der Waals surface area contributed by atoms with Gasteiger partial charge in [0, 0.05) is 26.1 Å². The minimum absolute atomic E-state index is 0.0192. The molecule has 2 aromatic heterocycles. The maximum atomic E-state index is 12.3. The molecular formula is C22H28N6O3S. The number of fused-ring (bicyclic) bond motifs is 1. The Bertz CT molecular complexity index is 1050. The smallest absolute Gasteiger partial charge is 0.220 e. The maximum absolute atomic E-state index is 12.3. The van der Waals surface area contributed by atoms with E-state index in [9.17, 15) is 4.79 Å². The van der Waals surface area contributed by atoms with Gasteiger partial charge in [-0.05, 0) is 30.4 Å². The molecule has 1 aliphatic rings. The summed E-state index contributed by atoms with van der Waals surface area (Å²) in [5, 5.41) is 9.14. The molecule has 10 heteroatoms. The van der Waals surface area contributed by atoms with Crippen LogP contribution in [0, 0.1) is 0 Å². The number of nitrogens with zero attached hydrogens (tertiary/aromatic N) is 5. The molecule has 4 rings (SSSR count). The Hall–Kier alpha value is -2.85. The van der Waals surface area contributed by atoms with E-state index in [1.807, 2.05) is 41.4 Å². The highest BCUT2D eigenvalue weighted by Crippen LogP contribution is 2.27. The molecule has 1 aromatic carbocycles. The zero-order valence-corrected chi connectivity index (χ0v) is 19.2. The number of amides is 1. The highest BCUT2D eigenvalue weighted by molar-refractivity contribution is 7.98. The number of carbonyl (C=O) groups is 1. The fraction of sp³-hybridized carbons (Fsp3) is 0.455. The van der Waals surface area contributed by atoms with Gasteiger partial charge in [0.05, 0.1) is 38.5 Å². The SMILES string of the molecule is COc1ccc(CCC(=O)NCCn2ncc3c(N4CCOCC4)nc(SC)nc32)cc1. The molecule has 1 fully saturated rings. The summed E-state index contributed by atoms with van der Waals surface area (Å²) in [4.78, 5) is 23.9. The number of hydrogen-bond acceptors (Lipinski definition) is 8. The first-order chi connectivity index (χ1) is 15.7. The lowest BCUT2D eigenvalue weighted by Crippen LogP contribution is -2.37. The van der Waals surface area contributed by atoms with E-state index in [-0.39, 0.29) is 5.91 Å². The van der Waals surface area contributed by atoms with Crippen molar-refractivity contribution in [2.45, 2.75) is 24.5 Å². The maximum Gasteiger partial charge on any atom is 0.220 e. The standard InChI is InChI=1S/C22H28N6O3S/c1-30-17-6-3-16(4-7-17)5-8-19(29)23-9-10-28-21-18(15-24-28)20(25-22(26-21)32-2)27-11-13-31-14-12-27/h3-4,6-7,15H,5,8-14H2,1-2H3,(H,23,29). The van der Waals surface area contributed by atoms with Gasteiger partial charge in [-0.25, -0.2) is 14.6 Å². The van der Waals surface area contributed by atoms with Gasteiger partial charge in [-0.3, -0.25) is 4.79 Å². The molecule has 32 heavy (non-hydrogen) atoms. The number of morpholine rings is 1. The first-order valence-corrected chi connectivity index (χ1v) is 11.9. The summed E-state index contributed by atoms with van der Waals surface area (Å²) >= 11 is 1.51. The van der Waals surface area contributed by atoms with Crippen molar-refractivity contribution in [2.24, 2.45) is 0 Å². The van der Waals surface area contributed by atoms with Crippen molar-refractivity contribution in [3.05, 3.63) is 36.0 Å². The van der Waals surface area contributed by atoms with Gasteiger partial charge >= 0.3 is 0 Å². The first kappa shape index (κ1) is 22.3. The lowest BCUT2D eigenvalue weighted by atomic mass is 10.1. The average molecular weight is 457 g/mol. The number of carbonyl (C=O) groups excluding carboxylic acids is 1. The molecule has 9 nitrogen and oxygen atoms in total. The van der Waals surface area contributed by atoms with Crippen LogP contribution in [0.25, 0.3) is 11.0 Å². The van der Waals surface area contributed by atoms with Crippen molar-refractivity contribution >= 4 is 34.5 Å². The number of benzene rings is 1. The minimum atomic E-state index is 0.0192. The summed E-state index contributed by atoms with van der Waals surface area (Å²) in [7, 11) is 1.64. The number of aromatic nitrogens is 4. The van der Waals surface area contributed by atoms with Crippen LogP contribution in [0.2, 0.25) is 0 Å². The number of aryl methyl sites for hydroxylation is 1. The molecule has 1 aliphatic heterocycles. The third kappa shape index (κ3) is 5.31. The predicted molar refractivity (Wildman–Crippen MR) is 124 cm³/mol. The van der Waals surface area contributed by atoms with Gasteiger partial charge in [-0.2, -0.15) is 5.10 Å². The number of rotatable bonds is 9. The van der Waals surface area contributed by atoms with Crippen LogP contribution in [0.5, 0.6) is 5.75 Å². The molecule has 0 spiro atoms. The zero-order valence-electron chi connectivity index (χ0n) is 18.4. The van der Waals surface area contributed by atoms with E-state index >= 15 is 0 Å². The second-order valence-electron chi connectivity index (χ2n) is 7.44. The quantitative estimate of drug-likeness (QED) is 0.387. The van der Waals surface area contributed by atoms with E-state index in [0.717, 1.165) is 41.3 Å². The van der Waals surface area contributed by atoms with E-state index < -0.39 is 0 Å². The molecule has 3 aromatic rings. The summed E-state index contributed by atoms with van der Waals surface area (Å²) in [5.41, 5.74) is 1.90. The first-order valence-electron chi connectivity index (χ1n) is 10.7. The third-order valence-corrected chi connectivity index (χ3v) is 5.94. The largest absolute Gasteiger partial charge is 0.497 e. The Labute approximate surface area is 191 Å². The van der Waals surface area contributed by atoms with Gasteiger partial charge in [0.25, 0.3) is 0 Å². The van der Waals surface area contributed by atoms with Gasteiger partial charge in [0.2, 0.25) is 5.91 Å². The van der Waals surface area contributed by atoms with Gasteiger partial charge in [0.1, 0.15) is 11.6 Å². The monoisotopic (exact) mass is 456 g/mol. The van der Waals surface area contributed by atoms with Crippen molar-refractivity contribution in [1.29, 1.82) is 0 Å². The van der Waals surface area contributed by atoms with E-state index in [0.29, 0.717) is 44.3 Å². The highest BCUT2D eigenvalue weighted by Gasteiger charge is 2.20. The van der Waals surface area contributed by atoms with Gasteiger partial charge < -0.3 is 19.7 Å². The Morgan fingerprint density at radius 3 is 2.72 bits per heavy atom. The topological polar surface area (TPSA) is 94.4 Å². The van der Waals surface area contributed by atoms with E-state index in [4.69, 9.17) is 14.5 Å². The second kappa shape index (κ2) is 10.6. The van der Waals surface area contributed by atoms with Crippen LogP contribution in [0.1, 0.15) is 12.0 Å². The molecule has 0 bridgehead atoms. The van der Waals surface area contributed by atoms with Gasteiger partial charge in [0.15, 0.2) is 10.8 Å². The fourth-order valence-electron chi connectivity index (χ4n) is 3.63. The van der Waals surface area contributed by atoms with Crippen LogP contribution in [0.4, 0.5) is 5.82 Å². The molecule has 0 unspecified atom stereocenters. The van der Waals surface area contributed by atoms with Crippen molar-refractivity contribution in [3.63, 3.8) is 0 Å². The van der Waals surface area contributed by atoms with Crippen molar-refractivity contribution in [2.75, 3.05) is 51.1 Å². The summed E-state index contributed by atoms with van der Waals surface area (Å²) < 4.78 is 12.5. The molecule has 0 atom stereocenters. The molecule has 0 saturated carbocycles. The number of nitrogens with one attached hydrogen (secondary N) is 1. The molecule has 170 valence electrons. The number of hydrogen-bond donors (Lipinski definition) is 1. The van der Waals surface area contributed by atoms with Gasteiger partial charge in [-0.1, -0.05) is 23.9 Å². The molecule has 3 heterocycles. The summed E-state index contributed by atoms with van der Waals surface area (Å²) in [6.45, 7) is 4.02. The number of methoxy groups -OCH3 is 1. The van der Waals surface area contributed by atoms with E-state index in [1.165, 1.54) is 11.8 Å². The Kier molecular flexibility index (Phi) is 7.43. The van der Waals surface area contributed by atoms with E-state index in [1.54, 1.807) is 7.11 Å². The number of ether oxygens (including phenoxy) is 2. The predicted octanol–water partition coefficient (Wildman–Crippen LogP) is 2.14. The molecule has 1 amide bonds. The lowest BCUT2D eigenvalue weighted by Gasteiger charge is -2.28. The fourth-order valence-corrected chi connectivity index (χ4v) is 3.99. The third-order valence-electron chi connectivity index (χ3n) is 5.39. The molecular weight excluding hydrogens is 428 g/mol. The van der Waals surface area contributed by atoms with E-state index in [2.05, 4.69) is 20.3 Å². The van der Waals surface area contributed by atoms with Crippen LogP contribution in [0.3, 0.4) is 0 Å². The molecule has 0 radical (unpaired) electrons. The highest BCUT2D eigenvalue weighted by atomic mass is 32.2. The van der Waals surface area contributed by atoms with Crippen LogP contribution >= 0.6 is 11.8 Å². The normalized spacial score (nSPS) is 14.0. The minimum Gasteiger partial charge on any atom is -0.497 e. The molecule has 1 saturated heterocycles. The van der Waals surface area contributed by atoms with Crippen LogP contribution in [-0.2, 0) is 22.5 Å². The Morgan fingerprint density at radius 1 is 1.22 bits per heavy atom. The van der Waals surface area contributed by atoms with Gasteiger partial charge in [-0.15, -0.1) is 0 Å². The van der Waals surface area contributed by atoms with Crippen LogP contribution in [-0.4, -0.2) is 71.9 Å². The van der Waals surface area contributed by atoms with Crippen molar-refractivity contribution < 1.29 is 14.3 Å². The second-order valence-corrected chi connectivity index (χ2v) is 8.21. The summed E-state index contributed by atoms with van der Waals surface area (Å²) in [5.74, 6) is 1.73. The van der Waals surface area contributed by atoms with Crippen LogP contribution < -0.4 is 15.0 Å². The zero-order chi connectivity index (χ0) is 22.3. The Balaban J connectivity index is 1.36. The summed E-state index contributed by atoms with van der Waals surface area (Å²) in [6.07, 6.45) is 4.91. The summed E-state index contributed by atoms with van der Waals surface area (Å²) in [6, 6.07) is 7.78. The number of anilines is 1. The molecule has 0 aliphatic carbocycles. The van der Waals surface area contributed by atoms with Crippen molar-refractivity contribution in [1.82, 2.24) is 25.1 Å².